The van der Waals surface area contributed by atoms with Gasteiger partial charge < -0.3 is 21.7 Å². The highest BCUT2D eigenvalue weighted by Gasteiger charge is 2.41. The molecule has 1 aromatic rings. The van der Waals surface area contributed by atoms with Crippen molar-refractivity contribution in [3.8, 4) is 23.7 Å². The molecule has 4 atom stereocenters. The number of aliphatic hydroxyl groups excluding tert-OH is 2. The predicted octanol–water partition coefficient (Wildman–Crippen LogP) is -0.544. The maximum absolute atomic E-state index is 12.2. The Bertz CT molecular complexity index is 914. The van der Waals surface area contributed by atoms with Gasteiger partial charge in [-0.2, -0.15) is 0 Å². The van der Waals surface area contributed by atoms with E-state index in [0.717, 1.165) is 6.42 Å². The van der Waals surface area contributed by atoms with Crippen LogP contribution in [-0.2, 0) is 4.79 Å². The van der Waals surface area contributed by atoms with Crippen LogP contribution in [0.3, 0.4) is 0 Å². The molecular weight excluding hydrogens is 374 g/mol. The van der Waals surface area contributed by atoms with Crippen molar-refractivity contribution < 1.29 is 25.0 Å². The zero-order valence-corrected chi connectivity index (χ0v) is 16.3. The highest BCUT2D eigenvalue weighted by atomic mass is 16.5. The van der Waals surface area contributed by atoms with E-state index in [1.165, 1.54) is 12.1 Å². The molecule has 0 spiro atoms. The van der Waals surface area contributed by atoms with Crippen molar-refractivity contribution in [2.45, 2.75) is 37.8 Å². The number of primary amides is 1. The number of nitrogens with one attached hydrogen (secondary N) is 1. The van der Waals surface area contributed by atoms with Gasteiger partial charge in [0.05, 0.1) is 18.6 Å². The van der Waals surface area contributed by atoms with Crippen LogP contribution in [0, 0.1) is 35.5 Å². The van der Waals surface area contributed by atoms with Crippen LogP contribution in [0.25, 0.3) is 0 Å². The molecule has 0 aliphatic heterocycles. The van der Waals surface area contributed by atoms with Crippen molar-refractivity contribution in [2.75, 3.05) is 6.61 Å². The maximum atomic E-state index is 12.2. The van der Waals surface area contributed by atoms with Gasteiger partial charge in [0.25, 0.3) is 5.91 Å². The third-order valence-electron chi connectivity index (χ3n) is 4.79. The number of carbonyl (C=O) groups excluding carboxylic acids is 2. The minimum absolute atomic E-state index is 0.00918. The van der Waals surface area contributed by atoms with E-state index in [4.69, 9.17) is 21.8 Å². The van der Waals surface area contributed by atoms with Gasteiger partial charge in [0, 0.05) is 28.5 Å². The number of nitrogens with two attached hydrogens (primary N) is 2. The van der Waals surface area contributed by atoms with Crippen LogP contribution in [-0.4, -0.2) is 45.5 Å². The van der Waals surface area contributed by atoms with Gasteiger partial charge in [-0.15, -0.1) is 0 Å². The number of hydrogen-bond acceptors (Lipinski definition) is 6. The fourth-order valence-corrected chi connectivity index (χ4v) is 3.22. The first-order valence-electron chi connectivity index (χ1n) is 9.07. The van der Waals surface area contributed by atoms with Gasteiger partial charge in [0.1, 0.15) is 0 Å². The van der Waals surface area contributed by atoms with Gasteiger partial charge in [0.2, 0.25) is 5.91 Å². The summed E-state index contributed by atoms with van der Waals surface area (Å²) in [5.74, 6) is 8.60. The molecular formula is C21H25N3O5. The van der Waals surface area contributed by atoms with Crippen molar-refractivity contribution in [3.63, 3.8) is 0 Å². The minimum atomic E-state index is -1.10. The van der Waals surface area contributed by atoms with Crippen molar-refractivity contribution in [3.05, 3.63) is 34.9 Å². The second-order valence-corrected chi connectivity index (χ2v) is 7.67. The Morgan fingerprint density at radius 1 is 1.34 bits per heavy atom. The SMILES string of the molecule is CC(C)(N)[C@@H](C(=O)NO)c1cc(C#CC#C[C@@H]2C[C@H]2C(O)CO)ccc1C(N)=O. The molecule has 8 N–H and O–H groups in total. The van der Waals surface area contributed by atoms with Crippen molar-refractivity contribution in [2.24, 2.45) is 23.3 Å². The molecule has 0 heterocycles. The summed E-state index contributed by atoms with van der Waals surface area (Å²) in [6.07, 6.45) is -0.0439. The summed E-state index contributed by atoms with van der Waals surface area (Å²) in [6, 6.07) is 4.55. The summed E-state index contributed by atoms with van der Waals surface area (Å²) in [4.78, 5) is 24.0. The van der Waals surface area contributed by atoms with Crippen molar-refractivity contribution in [1.29, 1.82) is 0 Å². The Morgan fingerprint density at radius 2 is 2.03 bits per heavy atom. The molecule has 1 aliphatic rings. The molecule has 2 rings (SSSR count). The van der Waals surface area contributed by atoms with Crippen LogP contribution in [0.2, 0.25) is 0 Å². The van der Waals surface area contributed by atoms with Crippen LogP contribution in [0.5, 0.6) is 0 Å². The number of aliphatic hydroxyl groups is 2. The molecule has 29 heavy (non-hydrogen) atoms. The van der Waals surface area contributed by atoms with Crippen molar-refractivity contribution >= 4 is 11.8 Å². The van der Waals surface area contributed by atoms with E-state index in [9.17, 15) is 14.7 Å². The zero-order valence-electron chi connectivity index (χ0n) is 16.3. The number of benzene rings is 1. The molecule has 0 aromatic heterocycles. The van der Waals surface area contributed by atoms with E-state index in [1.54, 1.807) is 25.4 Å². The third kappa shape index (κ3) is 5.57. The van der Waals surface area contributed by atoms with Gasteiger partial charge in [-0.25, -0.2) is 5.48 Å². The van der Waals surface area contributed by atoms with Crippen molar-refractivity contribution in [1.82, 2.24) is 5.48 Å². The molecule has 154 valence electrons. The first kappa shape index (κ1) is 22.4. The molecule has 1 aliphatic carbocycles. The molecule has 1 fully saturated rings. The van der Waals surface area contributed by atoms with E-state index in [-0.39, 0.29) is 29.6 Å². The first-order chi connectivity index (χ1) is 13.6. The highest BCUT2D eigenvalue weighted by Crippen LogP contribution is 2.40. The lowest BCUT2D eigenvalue weighted by Gasteiger charge is -2.30. The lowest BCUT2D eigenvalue weighted by atomic mass is 9.79. The molecule has 0 bridgehead atoms. The van der Waals surface area contributed by atoms with E-state index in [2.05, 4.69) is 23.7 Å². The van der Waals surface area contributed by atoms with E-state index < -0.39 is 29.4 Å². The standard InChI is InChI=1S/C21H25N3O5/c1-21(2,23)18(20(28)24-29)16-9-12(7-8-14(16)19(22)27)5-3-4-6-13-10-15(13)17(26)11-25/h7-9,13,15,17-18,25-26,29H,10-11,23H2,1-2H3,(H2,22,27)(H,24,28)/t13-,15-,17?,18-/m1/s1. The van der Waals surface area contributed by atoms with E-state index in [0.29, 0.717) is 5.56 Å². The fraction of sp³-hybridized carbons (Fsp3) is 0.429. The Morgan fingerprint density at radius 3 is 2.59 bits per heavy atom. The van der Waals surface area contributed by atoms with Crippen LogP contribution >= 0.6 is 0 Å². The topological polar surface area (TPSA) is 159 Å². The molecule has 2 amide bonds. The monoisotopic (exact) mass is 399 g/mol. The Hall–Kier alpha value is -2.88. The van der Waals surface area contributed by atoms with Crippen LogP contribution in [0.1, 0.15) is 47.7 Å². The van der Waals surface area contributed by atoms with Crippen LogP contribution in [0.15, 0.2) is 18.2 Å². The highest BCUT2D eigenvalue weighted by molar-refractivity contribution is 5.97. The third-order valence-corrected chi connectivity index (χ3v) is 4.79. The summed E-state index contributed by atoms with van der Waals surface area (Å²) in [7, 11) is 0. The molecule has 8 nitrogen and oxygen atoms in total. The summed E-state index contributed by atoms with van der Waals surface area (Å²) in [6.45, 7) is 2.90. The molecule has 1 aromatic carbocycles. The molecule has 0 saturated heterocycles. The molecule has 1 unspecified atom stereocenters. The zero-order chi connectivity index (χ0) is 21.8. The molecule has 1 saturated carbocycles. The summed E-state index contributed by atoms with van der Waals surface area (Å²) >= 11 is 0. The average Bonchev–Trinajstić information content (AvgIpc) is 3.43. The Kier molecular flexibility index (Phi) is 7.02. The predicted molar refractivity (Wildman–Crippen MR) is 105 cm³/mol. The van der Waals surface area contributed by atoms with Gasteiger partial charge in [0.15, 0.2) is 0 Å². The number of hydrogen-bond donors (Lipinski definition) is 6. The van der Waals surface area contributed by atoms with Gasteiger partial charge in [-0.1, -0.05) is 11.8 Å². The number of hydroxylamine groups is 1. The number of rotatable bonds is 6. The Balaban J connectivity index is 2.33. The smallest absolute Gasteiger partial charge is 0.252 e. The number of carbonyl (C=O) groups is 2. The normalized spacial score (nSPS) is 19.7. The van der Waals surface area contributed by atoms with E-state index in [1.807, 2.05) is 0 Å². The lowest BCUT2D eigenvalue weighted by Crippen LogP contribution is -2.47. The Labute approximate surface area is 169 Å². The second-order valence-electron chi connectivity index (χ2n) is 7.67. The van der Waals surface area contributed by atoms with Crippen LogP contribution < -0.4 is 16.9 Å². The molecule has 8 heteroatoms. The quantitative estimate of drug-likeness (QED) is 0.214. The number of amides is 2. The summed E-state index contributed by atoms with van der Waals surface area (Å²) in [5, 5.41) is 27.5. The lowest BCUT2D eigenvalue weighted by molar-refractivity contribution is -0.132. The second kappa shape index (κ2) is 9.08. The maximum Gasteiger partial charge on any atom is 0.252 e. The first-order valence-corrected chi connectivity index (χ1v) is 9.07. The van der Waals surface area contributed by atoms with E-state index >= 15 is 0 Å². The fourth-order valence-electron chi connectivity index (χ4n) is 3.22. The summed E-state index contributed by atoms with van der Waals surface area (Å²) < 4.78 is 0. The van der Waals surface area contributed by atoms with Crippen LogP contribution in [0.4, 0.5) is 0 Å². The average molecular weight is 399 g/mol. The van der Waals surface area contributed by atoms with Gasteiger partial charge in [-0.05, 0) is 55.9 Å². The van der Waals surface area contributed by atoms with Gasteiger partial charge >= 0.3 is 0 Å². The summed E-state index contributed by atoms with van der Waals surface area (Å²) in [5.41, 5.74) is 12.8. The molecule has 0 radical (unpaired) electrons. The minimum Gasteiger partial charge on any atom is -0.394 e. The largest absolute Gasteiger partial charge is 0.394 e. The van der Waals surface area contributed by atoms with Gasteiger partial charge in [-0.3, -0.25) is 14.8 Å².